The van der Waals surface area contributed by atoms with Crippen molar-refractivity contribution in [3.05, 3.63) is 63.8 Å². The largest absolute Gasteiger partial charge is 0.370 e. The van der Waals surface area contributed by atoms with E-state index in [0.717, 1.165) is 56.6 Å². The van der Waals surface area contributed by atoms with Crippen molar-refractivity contribution >= 4 is 17.9 Å². The van der Waals surface area contributed by atoms with E-state index in [1.54, 1.807) is 6.07 Å². The van der Waals surface area contributed by atoms with Gasteiger partial charge in [-0.1, -0.05) is 23.7 Å². The van der Waals surface area contributed by atoms with E-state index in [1.807, 2.05) is 18.2 Å². The van der Waals surface area contributed by atoms with Gasteiger partial charge in [0.2, 0.25) is 0 Å². The molecule has 3 aliphatic rings. The molecule has 3 aromatic rings. The van der Waals surface area contributed by atoms with Crippen LogP contribution in [0.5, 0.6) is 0 Å². The lowest BCUT2D eigenvalue weighted by Crippen LogP contribution is -2.57. The number of halogens is 2. The van der Waals surface area contributed by atoms with Crippen molar-refractivity contribution in [2.45, 2.75) is 30.9 Å². The lowest BCUT2D eigenvalue weighted by atomic mass is 10.0. The average molecular weight is 525 g/mol. The predicted molar refractivity (Wildman–Crippen MR) is 132 cm³/mol. The fraction of sp³-hybridized carbons (Fsp3) is 0.440. The first-order valence-corrected chi connectivity index (χ1v) is 12.5. The highest BCUT2D eigenvalue weighted by atomic mass is 35.5. The summed E-state index contributed by atoms with van der Waals surface area (Å²) < 4.78 is 21.0. The van der Waals surface area contributed by atoms with E-state index in [9.17, 15) is 9.18 Å². The van der Waals surface area contributed by atoms with Crippen LogP contribution in [0.15, 0.2) is 30.6 Å². The second-order valence-electron chi connectivity index (χ2n) is 9.41. The summed E-state index contributed by atoms with van der Waals surface area (Å²) >= 11 is 6.18. The molecule has 0 amide bonds. The number of ether oxygens (including phenoxy) is 1. The number of nitriles is 1. The van der Waals surface area contributed by atoms with Gasteiger partial charge in [0.05, 0.1) is 17.7 Å². The third-order valence-electron chi connectivity index (χ3n) is 7.11. The maximum atomic E-state index is 13.5. The Labute approximate surface area is 218 Å². The van der Waals surface area contributed by atoms with E-state index in [4.69, 9.17) is 21.6 Å². The van der Waals surface area contributed by atoms with Crippen LogP contribution >= 0.6 is 11.6 Å². The Morgan fingerprint density at radius 3 is 2.81 bits per heavy atom. The molecule has 1 aromatic carbocycles. The van der Waals surface area contributed by atoms with Gasteiger partial charge in [0.25, 0.3) is 0 Å². The van der Waals surface area contributed by atoms with Crippen LogP contribution < -0.4 is 0 Å². The number of carbonyl (C=O) groups excluding carboxylic acids is 1. The van der Waals surface area contributed by atoms with Crippen molar-refractivity contribution in [2.75, 3.05) is 39.8 Å². The number of tetrazole rings is 1. The number of aldehydes is 1. The highest BCUT2D eigenvalue weighted by Crippen LogP contribution is 2.34. The number of likely N-dealkylation sites (N-methyl/N-ethyl adjacent to an activating group) is 1. The highest BCUT2D eigenvalue weighted by molar-refractivity contribution is 6.32. The number of rotatable bonds is 3. The number of piperazine rings is 1. The lowest BCUT2D eigenvalue weighted by molar-refractivity contribution is -0.109. The maximum absolute atomic E-state index is 13.5. The number of aryl methyl sites for hydroxylation is 1. The number of benzene rings is 1. The van der Waals surface area contributed by atoms with E-state index >= 15 is 0 Å². The standard InChI is InChI=1S/C15H17ClFN3O.C10H9N5O/c1-19-4-5-20-8-14(21-9-10(20)7-19)11-2-3-13(17)12(6-18)15(11)16;16-5-7-1-3-9-8(7)2-4-10(12-9)15-6-11-13-14-15/h2-3,10,14H,4-5,7-9H2,1H3;2,4-7H,1,3H2. The fourth-order valence-corrected chi connectivity index (χ4v) is 5.39. The van der Waals surface area contributed by atoms with E-state index in [2.05, 4.69) is 37.4 Å². The molecule has 10 nitrogen and oxygen atoms in total. The molecule has 2 aromatic heterocycles. The molecule has 0 bridgehead atoms. The molecule has 37 heavy (non-hydrogen) atoms. The van der Waals surface area contributed by atoms with Gasteiger partial charge < -0.3 is 14.4 Å². The van der Waals surface area contributed by atoms with E-state index < -0.39 is 5.82 Å². The number of hydrogen-bond acceptors (Lipinski definition) is 9. The van der Waals surface area contributed by atoms with Crippen LogP contribution in [-0.4, -0.2) is 87.2 Å². The minimum absolute atomic E-state index is 0.00502. The summed E-state index contributed by atoms with van der Waals surface area (Å²) in [6, 6.07) is 8.90. The molecule has 3 atom stereocenters. The van der Waals surface area contributed by atoms with Crippen molar-refractivity contribution in [2.24, 2.45) is 0 Å². The summed E-state index contributed by atoms with van der Waals surface area (Å²) in [5, 5.41) is 20.1. The van der Waals surface area contributed by atoms with Crippen LogP contribution in [0.2, 0.25) is 5.02 Å². The first-order chi connectivity index (χ1) is 18.0. The molecule has 12 heteroatoms. The summed E-state index contributed by atoms with van der Waals surface area (Å²) in [4.78, 5) is 20.0. The highest BCUT2D eigenvalue weighted by Gasteiger charge is 2.34. The zero-order chi connectivity index (χ0) is 25.9. The van der Waals surface area contributed by atoms with Gasteiger partial charge in [0.1, 0.15) is 30.1 Å². The third kappa shape index (κ3) is 5.24. The first-order valence-electron chi connectivity index (χ1n) is 12.1. The molecular formula is C25H26ClFN8O2. The van der Waals surface area contributed by atoms with Crippen LogP contribution in [0.25, 0.3) is 5.82 Å². The molecule has 2 aliphatic heterocycles. The van der Waals surface area contributed by atoms with Crippen molar-refractivity contribution < 1.29 is 13.9 Å². The molecule has 2 saturated heterocycles. The van der Waals surface area contributed by atoms with Crippen molar-refractivity contribution in [1.82, 2.24) is 35.0 Å². The molecule has 2 fully saturated rings. The molecule has 0 spiro atoms. The van der Waals surface area contributed by atoms with Crippen LogP contribution in [-0.2, 0) is 16.0 Å². The third-order valence-corrected chi connectivity index (χ3v) is 7.52. The summed E-state index contributed by atoms with van der Waals surface area (Å²) in [7, 11) is 2.11. The minimum Gasteiger partial charge on any atom is -0.370 e. The SMILES string of the molecule is CN1CCN2CC(c3ccc(F)c(C#N)c3Cl)OCC2C1.O=CC1CCc2nc(-n3cnnn3)ccc21. The molecule has 6 rings (SSSR count). The molecule has 4 heterocycles. The Morgan fingerprint density at radius 1 is 1.22 bits per heavy atom. The number of carbonyl (C=O) groups is 1. The van der Waals surface area contributed by atoms with E-state index in [1.165, 1.54) is 17.1 Å². The second kappa shape index (κ2) is 11.0. The zero-order valence-electron chi connectivity index (χ0n) is 20.3. The Balaban J connectivity index is 0.000000157. The summed E-state index contributed by atoms with van der Waals surface area (Å²) in [6.07, 6.45) is 3.98. The molecule has 1 aliphatic carbocycles. The number of morpholine rings is 1. The van der Waals surface area contributed by atoms with Crippen LogP contribution in [0.3, 0.4) is 0 Å². The van der Waals surface area contributed by atoms with Crippen LogP contribution in [0.4, 0.5) is 4.39 Å². The summed E-state index contributed by atoms with van der Waals surface area (Å²) in [5.74, 6) is 0.111. The molecule has 3 unspecified atom stereocenters. The van der Waals surface area contributed by atoms with E-state index in [0.29, 0.717) is 24.0 Å². The maximum Gasteiger partial charge on any atom is 0.157 e. The predicted octanol–water partition coefficient (Wildman–Crippen LogP) is 2.32. The number of pyridine rings is 1. The smallest absolute Gasteiger partial charge is 0.157 e. The van der Waals surface area contributed by atoms with Crippen LogP contribution in [0, 0.1) is 17.1 Å². The number of nitrogens with zero attached hydrogens (tertiary/aromatic N) is 8. The van der Waals surface area contributed by atoms with Gasteiger partial charge in [0, 0.05) is 49.4 Å². The number of fused-ring (bicyclic) bond motifs is 2. The van der Waals surface area contributed by atoms with Crippen molar-refractivity contribution in [1.29, 1.82) is 5.26 Å². The Hall–Kier alpha value is -3.30. The Bertz CT molecular complexity index is 1310. The van der Waals surface area contributed by atoms with Gasteiger partial charge in [-0.05, 0) is 48.0 Å². The van der Waals surface area contributed by atoms with Crippen LogP contribution in [0.1, 0.15) is 40.8 Å². The van der Waals surface area contributed by atoms with Gasteiger partial charge in [-0.15, -0.1) is 5.10 Å². The molecule has 0 saturated carbocycles. The summed E-state index contributed by atoms with van der Waals surface area (Å²) in [6.45, 7) is 4.38. The minimum atomic E-state index is -0.584. The summed E-state index contributed by atoms with van der Waals surface area (Å²) in [5.41, 5.74) is 2.61. The van der Waals surface area contributed by atoms with Crippen molar-refractivity contribution in [3.8, 4) is 11.9 Å². The van der Waals surface area contributed by atoms with Gasteiger partial charge in [-0.25, -0.2) is 9.37 Å². The topological polar surface area (TPSA) is 113 Å². The fourth-order valence-electron chi connectivity index (χ4n) is 5.07. The van der Waals surface area contributed by atoms with Gasteiger partial charge in [0.15, 0.2) is 5.82 Å². The van der Waals surface area contributed by atoms with Gasteiger partial charge >= 0.3 is 0 Å². The zero-order valence-corrected chi connectivity index (χ0v) is 21.1. The monoisotopic (exact) mass is 524 g/mol. The van der Waals surface area contributed by atoms with Crippen molar-refractivity contribution in [3.63, 3.8) is 0 Å². The first kappa shape index (κ1) is 25.4. The molecular weight excluding hydrogens is 499 g/mol. The molecule has 0 radical (unpaired) electrons. The van der Waals surface area contributed by atoms with E-state index in [-0.39, 0.29) is 22.6 Å². The second-order valence-corrected chi connectivity index (χ2v) is 9.79. The Morgan fingerprint density at radius 2 is 2.05 bits per heavy atom. The lowest BCUT2D eigenvalue weighted by Gasteiger charge is -2.45. The molecule has 192 valence electrons. The number of aromatic nitrogens is 5. The average Bonchev–Trinajstić information content (AvgIpc) is 3.59. The number of hydrogen-bond donors (Lipinski definition) is 0. The van der Waals surface area contributed by atoms with Gasteiger partial charge in [-0.2, -0.15) is 9.94 Å². The molecule has 0 N–H and O–H groups in total. The Kier molecular flexibility index (Phi) is 7.53. The normalized spacial score (nSPS) is 23.4. The quantitative estimate of drug-likeness (QED) is 0.476. The van der Waals surface area contributed by atoms with Gasteiger partial charge in [-0.3, -0.25) is 4.90 Å².